The minimum Gasteiger partial charge on any atom is -0.475 e. The fraction of sp³-hybridized carbons (Fsp3) is 0.579. The minimum absolute atomic E-state index is 0.0263. The zero-order valence-corrected chi connectivity index (χ0v) is 15.8. The number of hydrogen-bond donors (Lipinski definition) is 1. The molecule has 8 heteroatoms. The van der Waals surface area contributed by atoms with Crippen LogP contribution in [-0.4, -0.2) is 35.6 Å². The predicted octanol–water partition coefficient (Wildman–Crippen LogP) is 2.85. The molecule has 1 amide bonds. The summed E-state index contributed by atoms with van der Waals surface area (Å²) >= 11 is 0. The van der Waals surface area contributed by atoms with E-state index < -0.39 is 23.6 Å². The van der Waals surface area contributed by atoms with Gasteiger partial charge in [-0.25, -0.2) is 4.79 Å². The topological polar surface area (TPSA) is 108 Å². The number of amides is 1. The van der Waals surface area contributed by atoms with Gasteiger partial charge in [-0.05, 0) is 31.2 Å². The fourth-order valence-corrected chi connectivity index (χ4v) is 3.24. The summed E-state index contributed by atoms with van der Waals surface area (Å²) in [4.78, 5) is 34.6. The molecule has 1 saturated carbocycles. The lowest BCUT2D eigenvalue weighted by Gasteiger charge is -2.35. The number of nitrogens with zero attached hydrogens (tertiary/aromatic N) is 1. The second-order valence-electron chi connectivity index (χ2n) is 7.03. The van der Waals surface area contributed by atoms with E-state index in [1.165, 1.54) is 25.1 Å². The van der Waals surface area contributed by atoms with E-state index in [0.717, 1.165) is 19.3 Å². The molecule has 1 aliphatic rings. The molecule has 27 heavy (non-hydrogen) atoms. The van der Waals surface area contributed by atoms with E-state index in [2.05, 4.69) is 19.2 Å². The summed E-state index contributed by atoms with van der Waals surface area (Å²) in [6, 6.07) is 5.82. The van der Waals surface area contributed by atoms with Gasteiger partial charge in [-0.15, -0.1) is 0 Å². The van der Waals surface area contributed by atoms with Crippen LogP contribution in [0.3, 0.4) is 0 Å². The van der Waals surface area contributed by atoms with Crippen molar-refractivity contribution in [2.45, 2.75) is 52.2 Å². The normalized spacial score (nSPS) is 23.1. The van der Waals surface area contributed by atoms with Gasteiger partial charge in [0.05, 0.1) is 4.92 Å². The van der Waals surface area contributed by atoms with Crippen LogP contribution in [0.4, 0.5) is 5.69 Å². The van der Waals surface area contributed by atoms with Crippen molar-refractivity contribution in [3.05, 3.63) is 34.4 Å². The first kappa shape index (κ1) is 20.7. The highest BCUT2D eigenvalue weighted by Gasteiger charge is 2.30. The van der Waals surface area contributed by atoms with Crippen LogP contribution in [0.1, 0.15) is 40.0 Å². The van der Waals surface area contributed by atoms with Crippen molar-refractivity contribution in [3.8, 4) is 5.75 Å². The van der Waals surface area contributed by atoms with E-state index in [1.54, 1.807) is 6.07 Å². The lowest BCUT2D eigenvalue weighted by molar-refractivity contribution is -0.385. The van der Waals surface area contributed by atoms with Gasteiger partial charge in [0.1, 0.15) is 0 Å². The first-order valence-corrected chi connectivity index (χ1v) is 9.15. The van der Waals surface area contributed by atoms with Crippen LogP contribution in [0, 0.1) is 22.0 Å². The summed E-state index contributed by atoms with van der Waals surface area (Å²) in [7, 11) is 0. The van der Waals surface area contributed by atoms with Crippen LogP contribution in [0.25, 0.3) is 0 Å². The monoisotopic (exact) mass is 378 g/mol. The Morgan fingerprint density at radius 1 is 1.30 bits per heavy atom. The second-order valence-corrected chi connectivity index (χ2v) is 7.03. The molecule has 8 nitrogen and oxygen atoms in total. The summed E-state index contributed by atoms with van der Waals surface area (Å²) in [5.41, 5.74) is -0.239. The summed E-state index contributed by atoms with van der Waals surface area (Å²) < 4.78 is 10.3. The van der Waals surface area contributed by atoms with Gasteiger partial charge in [0.15, 0.2) is 18.5 Å². The van der Waals surface area contributed by atoms with Crippen LogP contribution < -0.4 is 10.1 Å². The van der Waals surface area contributed by atoms with Gasteiger partial charge in [-0.3, -0.25) is 14.9 Å². The first-order chi connectivity index (χ1) is 12.8. The van der Waals surface area contributed by atoms with Crippen LogP contribution in [0.15, 0.2) is 24.3 Å². The van der Waals surface area contributed by atoms with Crippen LogP contribution >= 0.6 is 0 Å². The molecular weight excluding hydrogens is 352 g/mol. The van der Waals surface area contributed by atoms with Gasteiger partial charge >= 0.3 is 11.7 Å². The number of carbonyl (C=O) groups is 2. The molecule has 1 N–H and O–H groups in total. The number of nitro benzene ring substituents is 1. The molecule has 0 spiro atoms. The van der Waals surface area contributed by atoms with Crippen LogP contribution in [-0.2, 0) is 14.3 Å². The molecule has 148 valence electrons. The average molecular weight is 378 g/mol. The molecule has 0 bridgehead atoms. The maximum Gasteiger partial charge on any atom is 0.344 e. The van der Waals surface area contributed by atoms with Crippen molar-refractivity contribution in [1.82, 2.24) is 5.32 Å². The maximum absolute atomic E-state index is 12.3. The number of nitrogens with one attached hydrogen (secondary N) is 1. The third-order valence-corrected chi connectivity index (χ3v) is 5.12. The summed E-state index contributed by atoms with van der Waals surface area (Å²) in [6.45, 7) is 5.27. The van der Waals surface area contributed by atoms with Gasteiger partial charge in [-0.1, -0.05) is 38.8 Å². The highest BCUT2D eigenvalue weighted by Crippen LogP contribution is 2.29. The van der Waals surface area contributed by atoms with E-state index in [-0.39, 0.29) is 23.4 Å². The lowest BCUT2D eigenvalue weighted by Crippen LogP contribution is -2.47. The zero-order chi connectivity index (χ0) is 20.0. The Morgan fingerprint density at radius 2 is 2.00 bits per heavy atom. The SMILES string of the molecule is C[C@@H]1[C@H](C)CCC[C@H]1NC(=O)[C@@H](C)OC(=O)COc1ccccc1[N+](=O)[O-]. The van der Waals surface area contributed by atoms with Gasteiger partial charge < -0.3 is 14.8 Å². The average Bonchev–Trinajstić information content (AvgIpc) is 2.63. The Hall–Kier alpha value is -2.64. The number of hydrogen-bond acceptors (Lipinski definition) is 6. The highest BCUT2D eigenvalue weighted by atomic mass is 16.6. The smallest absolute Gasteiger partial charge is 0.344 e. The molecule has 1 fully saturated rings. The lowest BCUT2D eigenvalue weighted by atomic mass is 9.78. The second kappa shape index (κ2) is 9.34. The Balaban J connectivity index is 1.83. The standard InChI is InChI=1S/C19H26N2O6/c1-12-7-6-8-15(13(12)2)20-19(23)14(3)27-18(22)11-26-17-10-5-4-9-16(17)21(24)25/h4-5,9-10,12-15H,6-8,11H2,1-3H3,(H,20,23)/t12-,13-,14-,15-/m1/s1. The molecule has 0 unspecified atom stereocenters. The van der Waals surface area contributed by atoms with Gasteiger partial charge in [-0.2, -0.15) is 0 Å². The number of ether oxygens (including phenoxy) is 2. The third kappa shape index (κ3) is 5.67. The molecule has 1 aromatic carbocycles. The molecule has 0 heterocycles. The fourth-order valence-electron chi connectivity index (χ4n) is 3.24. The molecule has 0 aromatic heterocycles. The van der Waals surface area contributed by atoms with Crippen molar-refractivity contribution in [2.24, 2.45) is 11.8 Å². The highest BCUT2D eigenvalue weighted by molar-refractivity contribution is 5.84. The first-order valence-electron chi connectivity index (χ1n) is 9.15. The van der Waals surface area contributed by atoms with E-state index in [1.807, 2.05) is 0 Å². The van der Waals surface area contributed by atoms with Gasteiger partial charge in [0.25, 0.3) is 5.91 Å². The number of benzene rings is 1. The van der Waals surface area contributed by atoms with Crippen molar-refractivity contribution in [3.63, 3.8) is 0 Å². The van der Waals surface area contributed by atoms with Crippen molar-refractivity contribution >= 4 is 17.6 Å². The number of para-hydroxylation sites is 2. The molecule has 1 aromatic rings. The Bertz CT molecular complexity index is 693. The zero-order valence-electron chi connectivity index (χ0n) is 15.8. The van der Waals surface area contributed by atoms with Crippen LogP contribution in [0.2, 0.25) is 0 Å². The maximum atomic E-state index is 12.3. The number of rotatable bonds is 7. The molecular formula is C19H26N2O6. The number of nitro groups is 1. The van der Waals surface area contributed by atoms with Crippen molar-refractivity contribution in [2.75, 3.05) is 6.61 Å². The predicted molar refractivity (Wildman–Crippen MR) is 98.3 cm³/mol. The summed E-state index contributed by atoms with van der Waals surface area (Å²) in [6.07, 6.45) is 2.17. The Labute approximate surface area is 158 Å². The van der Waals surface area contributed by atoms with E-state index >= 15 is 0 Å². The van der Waals surface area contributed by atoms with Crippen molar-refractivity contribution in [1.29, 1.82) is 0 Å². The number of esters is 1. The molecule has 1 aliphatic carbocycles. The Kier molecular flexibility index (Phi) is 7.15. The molecule has 0 aliphatic heterocycles. The van der Waals surface area contributed by atoms with E-state index in [0.29, 0.717) is 11.8 Å². The summed E-state index contributed by atoms with van der Waals surface area (Å²) in [5.74, 6) is -0.230. The molecule has 0 radical (unpaired) electrons. The number of carbonyl (C=O) groups excluding carboxylic acids is 2. The minimum atomic E-state index is -0.962. The van der Waals surface area contributed by atoms with E-state index in [4.69, 9.17) is 9.47 Å². The third-order valence-electron chi connectivity index (χ3n) is 5.12. The van der Waals surface area contributed by atoms with Crippen molar-refractivity contribution < 1.29 is 24.0 Å². The summed E-state index contributed by atoms with van der Waals surface area (Å²) in [5, 5.41) is 13.9. The van der Waals surface area contributed by atoms with E-state index in [9.17, 15) is 19.7 Å². The quantitative estimate of drug-likeness (QED) is 0.444. The van der Waals surface area contributed by atoms with Gasteiger partial charge in [0.2, 0.25) is 0 Å². The van der Waals surface area contributed by atoms with Gasteiger partial charge in [0, 0.05) is 12.1 Å². The largest absolute Gasteiger partial charge is 0.475 e. The molecule has 0 saturated heterocycles. The Morgan fingerprint density at radius 3 is 2.70 bits per heavy atom. The molecule has 4 atom stereocenters. The van der Waals surface area contributed by atoms with Crippen LogP contribution in [0.5, 0.6) is 5.75 Å². The molecule has 2 rings (SSSR count).